The van der Waals surface area contributed by atoms with Crippen LogP contribution in [0.5, 0.6) is 0 Å². The van der Waals surface area contributed by atoms with Gasteiger partial charge in [-0.1, -0.05) is 35.9 Å². The largest absolute Gasteiger partial charge is 0.478 e. The van der Waals surface area contributed by atoms with Gasteiger partial charge >= 0.3 is 5.97 Å². The topological polar surface area (TPSA) is 102 Å². The molecule has 0 atom stereocenters. The Bertz CT molecular complexity index is 855. The third kappa shape index (κ3) is 5.09. The molecule has 0 bridgehead atoms. The number of para-hydroxylation sites is 1. The van der Waals surface area contributed by atoms with Gasteiger partial charge < -0.3 is 15.7 Å². The fourth-order valence-corrected chi connectivity index (χ4v) is 2.12. The maximum atomic E-state index is 12.1. The van der Waals surface area contributed by atoms with E-state index in [1.54, 1.807) is 36.4 Å². The molecule has 0 aromatic heterocycles. The lowest BCUT2D eigenvalue weighted by Gasteiger charge is -2.07. The van der Waals surface area contributed by atoms with E-state index in [1.807, 2.05) is 6.07 Å². The summed E-state index contributed by atoms with van der Waals surface area (Å²) < 4.78 is 0. The van der Waals surface area contributed by atoms with Crippen LogP contribution in [0.2, 0.25) is 5.02 Å². The zero-order chi connectivity index (χ0) is 18.2. The van der Waals surface area contributed by atoms with Crippen LogP contribution < -0.4 is 10.6 Å². The number of benzene rings is 2. The van der Waals surface area contributed by atoms with Crippen LogP contribution in [0.3, 0.4) is 0 Å². The molecule has 1 amide bonds. The van der Waals surface area contributed by atoms with Crippen molar-refractivity contribution in [3.05, 3.63) is 76.5 Å². The Morgan fingerprint density at radius 2 is 1.84 bits per heavy atom. The van der Waals surface area contributed by atoms with Crippen LogP contribution in [-0.2, 0) is 11.3 Å². The van der Waals surface area contributed by atoms with E-state index >= 15 is 0 Å². The number of hydrogen-bond donors (Lipinski definition) is 3. The Morgan fingerprint density at radius 3 is 2.44 bits per heavy atom. The van der Waals surface area contributed by atoms with Gasteiger partial charge in [0.1, 0.15) is 11.6 Å². The number of nitrogens with one attached hydrogen (secondary N) is 2. The summed E-state index contributed by atoms with van der Waals surface area (Å²) in [7, 11) is 0. The summed E-state index contributed by atoms with van der Waals surface area (Å²) in [5.41, 5.74) is 1.31. The number of nitriles is 1. The summed E-state index contributed by atoms with van der Waals surface area (Å²) in [6.45, 7) is 0.338. The molecule has 2 aromatic rings. The van der Waals surface area contributed by atoms with E-state index in [9.17, 15) is 9.59 Å². The SMILES string of the molecule is N#C/C(=C/NCc1ccc(C(=O)O)cc1)C(=O)Nc1ccccc1Cl. The van der Waals surface area contributed by atoms with Crippen molar-refractivity contribution in [2.24, 2.45) is 0 Å². The quantitative estimate of drug-likeness (QED) is 0.545. The standard InChI is InChI=1S/C18H14ClN3O3/c19-15-3-1-2-4-16(15)22-17(23)14(9-20)11-21-10-12-5-7-13(8-6-12)18(24)25/h1-8,11,21H,10H2,(H,22,23)(H,24,25)/b14-11-. The lowest BCUT2D eigenvalue weighted by atomic mass is 10.1. The fraction of sp³-hybridized carbons (Fsp3) is 0.0556. The van der Waals surface area contributed by atoms with E-state index in [-0.39, 0.29) is 11.1 Å². The van der Waals surface area contributed by atoms with Gasteiger partial charge in [-0.05, 0) is 29.8 Å². The first-order chi connectivity index (χ1) is 12.0. The highest BCUT2D eigenvalue weighted by Gasteiger charge is 2.10. The van der Waals surface area contributed by atoms with Gasteiger partial charge in [0.25, 0.3) is 5.91 Å². The van der Waals surface area contributed by atoms with Crippen LogP contribution >= 0.6 is 11.6 Å². The molecule has 0 aliphatic heterocycles. The minimum Gasteiger partial charge on any atom is -0.478 e. The number of anilines is 1. The van der Waals surface area contributed by atoms with E-state index in [4.69, 9.17) is 22.0 Å². The molecule has 2 aromatic carbocycles. The van der Waals surface area contributed by atoms with E-state index in [0.29, 0.717) is 17.3 Å². The van der Waals surface area contributed by atoms with E-state index in [1.165, 1.54) is 18.3 Å². The maximum Gasteiger partial charge on any atom is 0.335 e. The number of carbonyl (C=O) groups is 2. The Morgan fingerprint density at radius 1 is 1.16 bits per heavy atom. The molecule has 126 valence electrons. The first kappa shape index (κ1) is 18.0. The first-order valence-electron chi connectivity index (χ1n) is 7.23. The number of nitrogens with zero attached hydrogens (tertiary/aromatic N) is 1. The molecule has 0 spiro atoms. The predicted molar refractivity (Wildman–Crippen MR) is 94.0 cm³/mol. The first-order valence-corrected chi connectivity index (χ1v) is 7.61. The molecule has 0 saturated heterocycles. The summed E-state index contributed by atoms with van der Waals surface area (Å²) >= 11 is 5.96. The third-order valence-corrected chi connectivity index (χ3v) is 3.57. The highest BCUT2D eigenvalue weighted by atomic mass is 35.5. The molecule has 7 heteroatoms. The average Bonchev–Trinajstić information content (AvgIpc) is 2.61. The lowest BCUT2D eigenvalue weighted by Crippen LogP contribution is -2.16. The lowest BCUT2D eigenvalue weighted by molar-refractivity contribution is -0.112. The van der Waals surface area contributed by atoms with Crippen molar-refractivity contribution in [3.63, 3.8) is 0 Å². The summed E-state index contributed by atoms with van der Waals surface area (Å²) in [5, 5.41) is 23.8. The van der Waals surface area contributed by atoms with Crippen molar-refractivity contribution in [2.45, 2.75) is 6.54 Å². The third-order valence-electron chi connectivity index (χ3n) is 3.24. The minimum atomic E-state index is -0.998. The molecule has 2 rings (SSSR count). The van der Waals surface area contributed by atoms with Crippen molar-refractivity contribution in [1.82, 2.24) is 5.32 Å². The number of aromatic carboxylic acids is 1. The molecule has 3 N–H and O–H groups in total. The summed E-state index contributed by atoms with van der Waals surface area (Å²) in [4.78, 5) is 22.9. The number of hydrogen-bond acceptors (Lipinski definition) is 4. The van der Waals surface area contributed by atoms with Gasteiger partial charge in [-0.15, -0.1) is 0 Å². The second kappa shape index (κ2) is 8.52. The molecule has 0 unspecified atom stereocenters. The zero-order valence-corrected chi connectivity index (χ0v) is 13.7. The predicted octanol–water partition coefficient (Wildman–Crippen LogP) is 3.17. The van der Waals surface area contributed by atoms with Crippen molar-refractivity contribution < 1.29 is 14.7 Å². The van der Waals surface area contributed by atoms with Crippen molar-refractivity contribution in [3.8, 4) is 6.07 Å². The molecule has 0 fully saturated rings. The van der Waals surface area contributed by atoms with Crippen LogP contribution in [-0.4, -0.2) is 17.0 Å². The van der Waals surface area contributed by atoms with Crippen LogP contribution in [0, 0.1) is 11.3 Å². The van der Waals surface area contributed by atoms with Gasteiger partial charge in [0, 0.05) is 12.7 Å². The Balaban J connectivity index is 1.98. The molecule has 0 saturated carbocycles. The zero-order valence-electron chi connectivity index (χ0n) is 13.0. The van der Waals surface area contributed by atoms with Gasteiger partial charge in [-0.2, -0.15) is 5.26 Å². The van der Waals surface area contributed by atoms with Gasteiger partial charge in [0.15, 0.2) is 0 Å². The fourth-order valence-electron chi connectivity index (χ4n) is 1.94. The van der Waals surface area contributed by atoms with Gasteiger partial charge in [-0.3, -0.25) is 4.79 Å². The number of carboxylic acids is 1. The maximum absolute atomic E-state index is 12.1. The molecule has 6 nitrogen and oxygen atoms in total. The minimum absolute atomic E-state index is 0.109. The van der Waals surface area contributed by atoms with E-state index in [0.717, 1.165) is 5.56 Å². The van der Waals surface area contributed by atoms with Gasteiger partial charge in [0.2, 0.25) is 0 Å². The monoisotopic (exact) mass is 355 g/mol. The Hall–Kier alpha value is -3.30. The second-order valence-corrected chi connectivity index (χ2v) is 5.39. The highest BCUT2D eigenvalue weighted by molar-refractivity contribution is 6.33. The number of rotatable bonds is 6. The summed E-state index contributed by atoms with van der Waals surface area (Å²) in [6.07, 6.45) is 1.30. The van der Waals surface area contributed by atoms with Crippen molar-refractivity contribution in [2.75, 3.05) is 5.32 Å². The molecule has 0 radical (unpaired) electrons. The van der Waals surface area contributed by atoms with Crippen LogP contribution in [0.1, 0.15) is 15.9 Å². The number of carbonyl (C=O) groups excluding carboxylic acids is 1. The number of halogens is 1. The van der Waals surface area contributed by atoms with Crippen LogP contribution in [0.4, 0.5) is 5.69 Å². The van der Waals surface area contributed by atoms with E-state index in [2.05, 4.69) is 10.6 Å². The van der Waals surface area contributed by atoms with Crippen LogP contribution in [0.25, 0.3) is 0 Å². The molecular weight excluding hydrogens is 342 g/mol. The van der Waals surface area contributed by atoms with Crippen molar-refractivity contribution in [1.29, 1.82) is 5.26 Å². The molecular formula is C18H14ClN3O3. The molecule has 25 heavy (non-hydrogen) atoms. The summed E-state index contributed by atoms with van der Waals surface area (Å²) in [6, 6.07) is 14.8. The summed E-state index contributed by atoms with van der Waals surface area (Å²) in [5.74, 6) is -1.58. The van der Waals surface area contributed by atoms with Gasteiger partial charge in [-0.25, -0.2) is 4.79 Å². The van der Waals surface area contributed by atoms with Crippen LogP contribution in [0.15, 0.2) is 60.3 Å². The Labute approximate surface area is 149 Å². The normalized spacial score (nSPS) is 10.6. The highest BCUT2D eigenvalue weighted by Crippen LogP contribution is 2.20. The average molecular weight is 356 g/mol. The Kier molecular flexibility index (Phi) is 6.15. The molecule has 0 aliphatic rings. The number of carboxylic acid groups (broad SMARTS) is 1. The molecule has 0 heterocycles. The van der Waals surface area contributed by atoms with Gasteiger partial charge in [0.05, 0.1) is 16.3 Å². The second-order valence-electron chi connectivity index (χ2n) is 4.99. The number of amides is 1. The van der Waals surface area contributed by atoms with Crippen molar-refractivity contribution >= 4 is 29.2 Å². The van der Waals surface area contributed by atoms with E-state index < -0.39 is 11.9 Å². The smallest absolute Gasteiger partial charge is 0.335 e. The molecule has 0 aliphatic carbocycles.